The lowest BCUT2D eigenvalue weighted by Crippen LogP contribution is -2.12. The van der Waals surface area contributed by atoms with Crippen molar-refractivity contribution in [3.63, 3.8) is 0 Å². The first-order valence-electron chi connectivity index (χ1n) is 5.91. The summed E-state index contributed by atoms with van der Waals surface area (Å²) >= 11 is 0. The molecule has 1 aromatic heterocycles. The largest absolute Gasteiger partial charge is 0.478 e. The summed E-state index contributed by atoms with van der Waals surface area (Å²) in [6.45, 7) is 10.0. The van der Waals surface area contributed by atoms with E-state index in [-0.39, 0.29) is 0 Å². The molecule has 0 saturated heterocycles. The molecule has 0 spiro atoms. The van der Waals surface area contributed by atoms with E-state index in [0.717, 1.165) is 18.0 Å². The van der Waals surface area contributed by atoms with Crippen LogP contribution in [0.4, 0.5) is 0 Å². The molecule has 0 unspecified atom stereocenters. The molecule has 0 aliphatic rings. The molecule has 1 heterocycles. The molecule has 0 aliphatic heterocycles. The Bertz CT molecular complexity index is 394. The molecular formula is C13H21NO3. The average Bonchev–Trinajstić information content (AvgIpc) is 2.50. The van der Waals surface area contributed by atoms with Crippen LogP contribution < -0.4 is 0 Å². The Morgan fingerprint density at radius 3 is 2.59 bits per heavy atom. The Balaban J connectivity index is 2.62. The second-order valence-electron chi connectivity index (χ2n) is 4.71. The fourth-order valence-electron chi connectivity index (χ4n) is 1.84. The lowest BCUT2D eigenvalue weighted by atomic mass is 10.2. The highest BCUT2D eigenvalue weighted by Crippen LogP contribution is 2.14. The molecule has 0 bridgehead atoms. The summed E-state index contributed by atoms with van der Waals surface area (Å²) in [6.07, 6.45) is 0. The van der Waals surface area contributed by atoms with Crippen LogP contribution in [0, 0.1) is 19.8 Å². The van der Waals surface area contributed by atoms with Crippen LogP contribution in [0.25, 0.3) is 0 Å². The van der Waals surface area contributed by atoms with E-state index in [1.807, 2.05) is 18.4 Å². The number of carbonyl (C=O) groups is 1. The molecule has 4 nitrogen and oxygen atoms in total. The van der Waals surface area contributed by atoms with Crippen molar-refractivity contribution >= 4 is 5.97 Å². The van der Waals surface area contributed by atoms with Crippen LogP contribution in [0.15, 0.2) is 6.07 Å². The van der Waals surface area contributed by atoms with Crippen LogP contribution in [-0.4, -0.2) is 28.9 Å². The molecule has 0 radical (unpaired) electrons. The molecule has 0 fully saturated rings. The van der Waals surface area contributed by atoms with Crippen molar-refractivity contribution in [3.8, 4) is 0 Å². The zero-order chi connectivity index (χ0) is 13.0. The minimum absolute atomic E-state index is 0.381. The fraction of sp³-hybridized carbons (Fsp3) is 0.615. The van der Waals surface area contributed by atoms with E-state index in [2.05, 4.69) is 13.8 Å². The molecular weight excluding hydrogens is 218 g/mol. The third-order valence-electron chi connectivity index (χ3n) is 2.71. The number of aromatic nitrogens is 1. The van der Waals surface area contributed by atoms with Gasteiger partial charge < -0.3 is 14.4 Å². The first-order valence-corrected chi connectivity index (χ1v) is 5.91. The summed E-state index contributed by atoms with van der Waals surface area (Å²) in [5.41, 5.74) is 2.14. The standard InChI is InChI=1S/C13H21NO3/c1-9(2)8-17-6-5-14-10(3)7-12(11(14)4)13(15)16/h7,9H,5-6,8H2,1-4H3,(H,15,16). The van der Waals surface area contributed by atoms with Crippen LogP contribution in [-0.2, 0) is 11.3 Å². The third-order valence-corrected chi connectivity index (χ3v) is 2.71. The van der Waals surface area contributed by atoms with Gasteiger partial charge in [-0.15, -0.1) is 0 Å². The average molecular weight is 239 g/mol. The van der Waals surface area contributed by atoms with Crippen LogP contribution in [0.2, 0.25) is 0 Å². The Kier molecular flexibility index (Phi) is 4.75. The fourth-order valence-corrected chi connectivity index (χ4v) is 1.84. The van der Waals surface area contributed by atoms with Crippen LogP contribution in [0.3, 0.4) is 0 Å². The van der Waals surface area contributed by atoms with Crippen LogP contribution in [0.1, 0.15) is 35.6 Å². The topological polar surface area (TPSA) is 51.5 Å². The van der Waals surface area contributed by atoms with E-state index >= 15 is 0 Å². The number of aryl methyl sites for hydroxylation is 1. The van der Waals surface area contributed by atoms with Gasteiger partial charge in [0.2, 0.25) is 0 Å². The summed E-state index contributed by atoms with van der Waals surface area (Å²) in [6, 6.07) is 1.71. The highest BCUT2D eigenvalue weighted by molar-refractivity contribution is 5.89. The SMILES string of the molecule is Cc1cc(C(=O)O)c(C)n1CCOCC(C)C. The van der Waals surface area contributed by atoms with Gasteiger partial charge in [-0.2, -0.15) is 0 Å². The highest BCUT2D eigenvalue weighted by atomic mass is 16.5. The summed E-state index contributed by atoms with van der Waals surface area (Å²) in [7, 11) is 0. The van der Waals surface area contributed by atoms with E-state index in [9.17, 15) is 4.79 Å². The van der Waals surface area contributed by atoms with Gasteiger partial charge in [0.05, 0.1) is 12.2 Å². The zero-order valence-corrected chi connectivity index (χ0v) is 11.0. The molecule has 0 atom stereocenters. The van der Waals surface area contributed by atoms with E-state index in [1.165, 1.54) is 0 Å². The van der Waals surface area contributed by atoms with E-state index in [1.54, 1.807) is 6.07 Å². The summed E-state index contributed by atoms with van der Waals surface area (Å²) in [5.74, 6) is -0.344. The number of rotatable bonds is 6. The molecule has 1 rings (SSSR count). The quantitative estimate of drug-likeness (QED) is 0.776. The predicted molar refractivity (Wildman–Crippen MR) is 66.5 cm³/mol. The van der Waals surface area contributed by atoms with Crippen molar-refractivity contribution in [2.75, 3.05) is 13.2 Å². The number of ether oxygens (including phenoxy) is 1. The molecule has 1 aromatic rings. The molecule has 0 amide bonds. The summed E-state index contributed by atoms with van der Waals surface area (Å²) in [5, 5.41) is 9.00. The molecule has 1 N–H and O–H groups in total. The van der Waals surface area contributed by atoms with Crippen molar-refractivity contribution in [3.05, 3.63) is 23.0 Å². The number of carboxylic acid groups (broad SMARTS) is 1. The first kappa shape index (κ1) is 13.8. The second-order valence-corrected chi connectivity index (χ2v) is 4.71. The third kappa shape index (κ3) is 3.60. The number of aromatic carboxylic acids is 1. The van der Waals surface area contributed by atoms with Crippen molar-refractivity contribution in [2.45, 2.75) is 34.2 Å². The maximum absolute atomic E-state index is 11.0. The van der Waals surface area contributed by atoms with E-state index in [0.29, 0.717) is 24.6 Å². The van der Waals surface area contributed by atoms with Gasteiger partial charge in [-0.3, -0.25) is 0 Å². The van der Waals surface area contributed by atoms with Gasteiger partial charge in [0.25, 0.3) is 0 Å². The van der Waals surface area contributed by atoms with Gasteiger partial charge in [-0.25, -0.2) is 4.79 Å². The Morgan fingerprint density at radius 1 is 1.47 bits per heavy atom. The minimum atomic E-state index is -0.868. The van der Waals surface area contributed by atoms with Gasteiger partial charge in [0.15, 0.2) is 0 Å². The molecule has 0 aromatic carbocycles. The number of nitrogens with zero attached hydrogens (tertiary/aromatic N) is 1. The number of hydrogen-bond acceptors (Lipinski definition) is 2. The second kappa shape index (κ2) is 5.87. The Hall–Kier alpha value is -1.29. The van der Waals surface area contributed by atoms with Crippen molar-refractivity contribution < 1.29 is 14.6 Å². The van der Waals surface area contributed by atoms with Crippen LogP contribution in [0.5, 0.6) is 0 Å². The highest BCUT2D eigenvalue weighted by Gasteiger charge is 2.13. The molecule has 17 heavy (non-hydrogen) atoms. The smallest absolute Gasteiger partial charge is 0.337 e. The summed E-state index contributed by atoms with van der Waals surface area (Å²) < 4.78 is 7.50. The van der Waals surface area contributed by atoms with Gasteiger partial charge in [0.1, 0.15) is 0 Å². The molecule has 96 valence electrons. The minimum Gasteiger partial charge on any atom is -0.478 e. The van der Waals surface area contributed by atoms with Gasteiger partial charge >= 0.3 is 5.97 Å². The lowest BCUT2D eigenvalue weighted by Gasteiger charge is -2.11. The van der Waals surface area contributed by atoms with Gasteiger partial charge in [-0.05, 0) is 25.8 Å². The number of carboxylic acids is 1. The maximum Gasteiger partial charge on any atom is 0.337 e. The first-order chi connectivity index (χ1) is 7.93. The molecule has 4 heteroatoms. The zero-order valence-electron chi connectivity index (χ0n) is 11.0. The Labute approximate surface area is 102 Å². The predicted octanol–water partition coefficient (Wildman–Crippen LogP) is 2.48. The van der Waals surface area contributed by atoms with E-state index in [4.69, 9.17) is 9.84 Å². The van der Waals surface area contributed by atoms with Crippen LogP contribution >= 0.6 is 0 Å². The van der Waals surface area contributed by atoms with Crippen molar-refractivity contribution in [1.82, 2.24) is 4.57 Å². The Morgan fingerprint density at radius 2 is 2.12 bits per heavy atom. The van der Waals surface area contributed by atoms with Crippen molar-refractivity contribution in [2.24, 2.45) is 5.92 Å². The normalized spacial score (nSPS) is 11.1. The van der Waals surface area contributed by atoms with E-state index < -0.39 is 5.97 Å². The van der Waals surface area contributed by atoms with Crippen molar-refractivity contribution in [1.29, 1.82) is 0 Å². The van der Waals surface area contributed by atoms with Gasteiger partial charge in [-0.1, -0.05) is 13.8 Å². The van der Waals surface area contributed by atoms with Gasteiger partial charge in [0, 0.05) is 24.5 Å². The number of hydrogen-bond donors (Lipinski definition) is 1. The maximum atomic E-state index is 11.0. The summed E-state index contributed by atoms with van der Waals surface area (Å²) in [4.78, 5) is 11.0. The lowest BCUT2D eigenvalue weighted by molar-refractivity contribution is 0.0695. The molecule has 0 saturated carbocycles. The molecule has 0 aliphatic carbocycles. The monoisotopic (exact) mass is 239 g/mol.